The highest BCUT2D eigenvalue weighted by molar-refractivity contribution is 5.93. The molecule has 1 heterocycles. The summed E-state index contributed by atoms with van der Waals surface area (Å²) in [6.07, 6.45) is 0. The first-order valence-corrected chi connectivity index (χ1v) is 9.97. The maximum atomic E-state index is 12.3. The summed E-state index contributed by atoms with van der Waals surface area (Å²) < 4.78 is 10.4. The molecule has 1 aliphatic rings. The van der Waals surface area contributed by atoms with Crippen LogP contribution in [0.1, 0.15) is 20.7 Å². The van der Waals surface area contributed by atoms with E-state index in [0.29, 0.717) is 24.3 Å². The van der Waals surface area contributed by atoms with Crippen molar-refractivity contribution in [1.29, 1.82) is 0 Å². The third-order valence-corrected chi connectivity index (χ3v) is 4.84. The lowest BCUT2D eigenvalue weighted by atomic mass is 10.2. The van der Waals surface area contributed by atoms with E-state index in [1.807, 2.05) is 7.05 Å². The lowest BCUT2D eigenvalue weighted by molar-refractivity contribution is -0.136. The molecule has 0 aromatic heterocycles. The number of carbonyl (C=O) groups excluding carboxylic acids is 3. The van der Waals surface area contributed by atoms with Crippen LogP contribution in [0.2, 0.25) is 0 Å². The van der Waals surface area contributed by atoms with E-state index in [1.54, 1.807) is 17.0 Å². The molecule has 3 rings (SSSR count). The van der Waals surface area contributed by atoms with Crippen molar-refractivity contribution in [3.8, 4) is 5.75 Å². The predicted octanol–water partition coefficient (Wildman–Crippen LogP) is 0.742. The summed E-state index contributed by atoms with van der Waals surface area (Å²) >= 11 is 0. The minimum atomic E-state index is -0.624. The average Bonchev–Trinajstić information content (AvgIpc) is 2.78. The largest absolute Gasteiger partial charge is 0.452 e. The number of guanidine groups is 1. The molecular formula is C22H25N5O5. The number of rotatable bonds is 6. The molecule has 0 spiro atoms. The summed E-state index contributed by atoms with van der Waals surface area (Å²) in [7, 11) is 1.99. The van der Waals surface area contributed by atoms with Crippen molar-refractivity contribution < 1.29 is 23.9 Å². The molecule has 1 amide bonds. The molecule has 4 N–H and O–H groups in total. The van der Waals surface area contributed by atoms with Gasteiger partial charge in [0, 0.05) is 26.2 Å². The van der Waals surface area contributed by atoms with Crippen molar-refractivity contribution in [3.05, 3.63) is 59.7 Å². The van der Waals surface area contributed by atoms with Crippen molar-refractivity contribution in [3.63, 3.8) is 0 Å². The van der Waals surface area contributed by atoms with E-state index in [-0.39, 0.29) is 29.8 Å². The number of nitrogens with two attached hydrogens (primary N) is 2. The van der Waals surface area contributed by atoms with Crippen LogP contribution >= 0.6 is 0 Å². The van der Waals surface area contributed by atoms with Gasteiger partial charge in [-0.25, -0.2) is 14.6 Å². The first kappa shape index (κ1) is 22.8. The van der Waals surface area contributed by atoms with Gasteiger partial charge in [-0.2, -0.15) is 0 Å². The number of ether oxygens (including phenoxy) is 2. The van der Waals surface area contributed by atoms with Crippen molar-refractivity contribution in [2.75, 3.05) is 39.8 Å². The van der Waals surface area contributed by atoms with Gasteiger partial charge in [-0.05, 0) is 55.6 Å². The monoisotopic (exact) mass is 439 g/mol. The third kappa shape index (κ3) is 6.29. The van der Waals surface area contributed by atoms with E-state index in [1.165, 1.54) is 36.4 Å². The normalized spacial score (nSPS) is 13.8. The zero-order valence-electron chi connectivity index (χ0n) is 17.7. The summed E-state index contributed by atoms with van der Waals surface area (Å²) in [6.45, 7) is 2.50. The summed E-state index contributed by atoms with van der Waals surface area (Å²) in [6, 6.07) is 12.1. The lowest BCUT2D eigenvalue weighted by Crippen LogP contribution is -2.48. The molecule has 0 bridgehead atoms. The van der Waals surface area contributed by atoms with Crippen molar-refractivity contribution >= 4 is 29.5 Å². The van der Waals surface area contributed by atoms with E-state index in [9.17, 15) is 14.4 Å². The first-order chi connectivity index (χ1) is 15.3. The fourth-order valence-electron chi connectivity index (χ4n) is 3.00. The van der Waals surface area contributed by atoms with Crippen molar-refractivity contribution in [2.45, 2.75) is 0 Å². The molecule has 10 heteroatoms. The fraction of sp³-hybridized carbons (Fsp3) is 0.273. The molecule has 2 aromatic rings. The summed E-state index contributed by atoms with van der Waals surface area (Å²) in [5.74, 6) is -1.24. The van der Waals surface area contributed by atoms with Crippen molar-refractivity contribution in [2.24, 2.45) is 16.5 Å². The minimum absolute atomic E-state index is 0.0809. The molecule has 1 aliphatic heterocycles. The maximum Gasteiger partial charge on any atom is 0.343 e. The molecule has 0 unspecified atom stereocenters. The van der Waals surface area contributed by atoms with E-state index < -0.39 is 11.9 Å². The number of piperazine rings is 1. The Morgan fingerprint density at radius 1 is 0.875 bits per heavy atom. The lowest BCUT2D eigenvalue weighted by Gasteiger charge is -2.32. The van der Waals surface area contributed by atoms with Gasteiger partial charge >= 0.3 is 11.9 Å². The van der Waals surface area contributed by atoms with Crippen LogP contribution in [0.25, 0.3) is 0 Å². The van der Waals surface area contributed by atoms with Crippen LogP contribution in [-0.2, 0) is 9.53 Å². The number of esters is 2. The van der Waals surface area contributed by atoms with Crippen LogP contribution < -0.4 is 16.2 Å². The summed E-state index contributed by atoms with van der Waals surface area (Å²) in [5.41, 5.74) is 11.7. The van der Waals surface area contributed by atoms with Gasteiger partial charge in [-0.15, -0.1) is 0 Å². The Bertz CT molecular complexity index is 992. The van der Waals surface area contributed by atoms with Crippen molar-refractivity contribution in [1.82, 2.24) is 9.80 Å². The van der Waals surface area contributed by atoms with E-state index in [0.717, 1.165) is 13.1 Å². The second-order valence-electron chi connectivity index (χ2n) is 7.26. The van der Waals surface area contributed by atoms with E-state index >= 15 is 0 Å². The molecule has 2 aromatic carbocycles. The zero-order chi connectivity index (χ0) is 23.1. The van der Waals surface area contributed by atoms with Crippen LogP contribution in [0, 0.1) is 0 Å². The highest BCUT2D eigenvalue weighted by atomic mass is 16.5. The summed E-state index contributed by atoms with van der Waals surface area (Å²) in [5, 5.41) is 0. The zero-order valence-corrected chi connectivity index (χ0v) is 17.7. The smallest absolute Gasteiger partial charge is 0.343 e. The Morgan fingerprint density at radius 2 is 1.44 bits per heavy atom. The molecule has 0 atom stereocenters. The van der Waals surface area contributed by atoms with Gasteiger partial charge in [0.2, 0.25) is 0 Å². The third-order valence-electron chi connectivity index (χ3n) is 4.84. The van der Waals surface area contributed by atoms with Crippen LogP contribution in [0.15, 0.2) is 53.5 Å². The maximum absolute atomic E-state index is 12.3. The van der Waals surface area contributed by atoms with E-state index in [2.05, 4.69) is 9.89 Å². The SMILES string of the molecule is CN1CCN(C(=O)COC(=O)c2ccc(OC(=O)c3ccc(N=C(N)N)cc3)cc2)CC1. The highest BCUT2D eigenvalue weighted by Gasteiger charge is 2.20. The number of hydrogen-bond donors (Lipinski definition) is 2. The van der Waals surface area contributed by atoms with Crippen LogP contribution in [0.5, 0.6) is 5.75 Å². The quantitative estimate of drug-likeness (QED) is 0.291. The second-order valence-corrected chi connectivity index (χ2v) is 7.26. The first-order valence-electron chi connectivity index (χ1n) is 9.97. The number of carbonyl (C=O) groups is 3. The van der Waals surface area contributed by atoms with Crippen LogP contribution in [0.3, 0.4) is 0 Å². The van der Waals surface area contributed by atoms with Gasteiger partial charge < -0.3 is 30.7 Å². The van der Waals surface area contributed by atoms with Gasteiger partial charge in [0.15, 0.2) is 12.6 Å². The van der Waals surface area contributed by atoms with Gasteiger partial charge in [0.05, 0.1) is 16.8 Å². The Balaban J connectivity index is 1.50. The number of hydrogen-bond acceptors (Lipinski definition) is 7. The van der Waals surface area contributed by atoms with Gasteiger partial charge in [-0.3, -0.25) is 4.79 Å². The van der Waals surface area contributed by atoms with Crippen LogP contribution in [-0.4, -0.2) is 73.4 Å². The number of benzene rings is 2. The Morgan fingerprint density at radius 3 is 2.03 bits per heavy atom. The molecule has 0 radical (unpaired) electrons. The van der Waals surface area contributed by atoms with Gasteiger partial charge in [-0.1, -0.05) is 0 Å². The highest BCUT2D eigenvalue weighted by Crippen LogP contribution is 2.17. The van der Waals surface area contributed by atoms with Crippen LogP contribution in [0.4, 0.5) is 5.69 Å². The number of amides is 1. The molecule has 1 saturated heterocycles. The number of aliphatic imine (C=N–C) groups is 1. The molecule has 168 valence electrons. The predicted molar refractivity (Wildman–Crippen MR) is 118 cm³/mol. The second kappa shape index (κ2) is 10.4. The average molecular weight is 439 g/mol. The molecule has 1 fully saturated rings. The fourth-order valence-corrected chi connectivity index (χ4v) is 3.00. The standard InChI is InChI=1S/C22H25N5O5/c1-26-10-12-27(13-11-26)19(28)14-31-20(29)15-4-8-18(9-5-15)32-21(30)16-2-6-17(7-3-16)25-22(23)24/h2-9H,10-14H2,1H3,(H4,23,24,25). The Kier molecular flexibility index (Phi) is 7.40. The molecule has 0 aliphatic carbocycles. The minimum Gasteiger partial charge on any atom is -0.452 e. The number of likely N-dealkylation sites (N-methyl/N-ethyl adjacent to an activating group) is 1. The van der Waals surface area contributed by atoms with Gasteiger partial charge in [0.25, 0.3) is 5.91 Å². The van der Waals surface area contributed by atoms with Gasteiger partial charge in [0.1, 0.15) is 5.75 Å². The Hall–Kier alpha value is -3.92. The number of nitrogens with zero attached hydrogens (tertiary/aromatic N) is 3. The summed E-state index contributed by atoms with van der Waals surface area (Å²) in [4.78, 5) is 44.3. The topological polar surface area (TPSA) is 141 Å². The molecule has 10 nitrogen and oxygen atoms in total. The molecule has 0 saturated carbocycles. The Labute approximate surface area is 185 Å². The van der Waals surface area contributed by atoms with E-state index in [4.69, 9.17) is 20.9 Å². The molecule has 32 heavy (non-hydrogen) atoms. The molecular weight excluding hydrogens is 414 g/mol.